The minimum Gasteiger partial charge on any atom is -0.496 e. The topological polar surface area (TPSA) is 85.6 Å². The fourth-order valence-corrected chi connectivity index (χ4v) is 4.00. The van der Waals surface area contributed by atoms with Crippen molar-refractivity contribution in [1.82, 2.24) is 10.3 Å². The van der Waals surface area contributed by atoms with Crippen molar-refractivity contribution in [1.29, 1.82) is 0 Å². The average Bonchev–Trinajstić information content (AvgIpc) is 3.22. The molecule has 1 aromatic heterocycles. The number of ether oxygens (including phenoxy) is 2. The first-order chi connectivity index (χ1) is 16.3. The van der Waals surface area contributed by atoms with Gasteiger partial charge in [-0.25, -0.2) is 4.98 Å². The van der Waals surface area contributed by atoms with Crippen LogP contribution in [0.5, 0.6) is 11.5 Å². The van der Waals surface area contributed by atoms with Crippen LogP contribution in [0.15, 0.2) is 69.6 Å². The van der Waals surface area contributed by atoms with Crippen molar-refractivity contribution in [3.63, 3.8) is 0 Å². The van der Waals surface area contributed by atoms with E-state index in [1.165, 1.54) is 0 Å². The average molecular weight is 540 g/mol. The van der Waals surface area contributed by atoms with Crippen LogP contribution in [0.25, 0.3) is 22.6 Å². The van der Waals surface area contributed by atoms with E-state index in [-0.39, 0.29) is 17.1 Å². The van der Waals surface area contributed by atoms with Crippen LogP contribution in [0.2, 0.25) is 0 Å². The van der Waals surface area contributed by atoms with Crippen LogP contribution in [0.1, 0.15) is 24.2 Å². The molecule has 0 fully saturated rings. The van der Waals surface area contributed by atoms with E-state index in [4.69, 9.17) is 26.1 Å². The molecule has 0 saturated carbocycles. The van der Waals surface area contributed by atoms with Crippen LogP contribution in [0, 0.1) is 0 Å². The molecule has 4 rings (SSSR count). The molecule has 4 aromatic rings. The summed E-state index contributed by atoms with van der Waals surface area (Å²) in [4.78, 5) is 17.2. The highest BCUT2D eigenvalue weighted by Gasteiger charge is 2.13. The van der Waals surface area contributed by atoms with Crippen molar-refractivity contribution >= 4 is 56.0 Å². The molecule has 0 radical (unpaired) electrons. The third kappa shape index (κ3) is 5.55. The summed E-state index contributed by atoms with van der Waals surface area (Å²) in [6, 6.07) is 17.9. The van der Waals surface area contributed by atoms with Crippen LogP contribution in [-0.2, 0) is 0 Å². The quantitative estimate of drug-likeness (QED) is 0.283. The standard InChI is InChI=1S/C25H22BrN3O4S/c1-14(2)32-18-6-4-5-15(11-18)23(30)29-25(34)27-17-8-10-22-20(13-17)28-24(33-22)16-7-9-21(31-3)19(26)12-16/h4-14H,1-3H3,(H2,27,29,30,34). The molecule has 2 N–H and O–H groups in total. The normalized spacial score (nSPS) is 10.9. The number of hydrogen-bond acceptors (Lipinski definition) is 6. The Morgan fingerprint density at radius 1 is 1.12 bits per heavy atom. The van der Waals surface area contributed by atoms with Crippen molar-refractivity contribution in [3.05, 3.63) is 70.7 Å². The number of halogens is 1. The summed E-state index contributed by atoms with van der Waals surface area (Å²) in [5.41, 5.74) is 3.21. The maximum Gasteiger partial charge on any atom is 0.257 e. The van der Waals surface area contributed by atoms with Crippen LogP contribution >= 0.6 is 28.1 Å². The van der Waals surface area contributed by atoms with Gasteiger partial charge in [0, 0.05) is 16.8 Å². The highest BCUT2D eigenvalue weighted by atomic mass is 79.9. The molecular weight excluding hydrogens is 518 g/mol. The van der Waals surface area contributed by atoms with E-state index in [1.807, 2.05) is 32.0 Å². The predicted octanol–water partition coefficient (Wildman–Crippen LogP) is 6.18. The fraction of sp³-hybridized carbons (Fsp3) is 0.160. The maximum atomic E-state index is 12.6. The molecule has 7 nitrogen and oxygen atoms in total. The number of amides is 1. The van der Waals surface area contributed by atoms with Crippen LogP contribution < -0.4 is 20.1 Å². The van der Waals surface area contributed by atoms with Gasteiger partial charge in [-0.15, -0.1) is 0 Å². The predicted molar refractivity (Wildman–Crippen MR) is 140 cm³/mol. The number of hydrogen-bond donors (Lipinski definition) is 2. The van der Waals surface area contributed by atoms with Crippen molar-refractivity contribution < 1.29 is 18.7 Å². The van der Waals surface area contributed by atoms with Gasteiger partial charge in [0.05, 0.1) is 17.7 Å². The molecule has 0 saturated heterocycles. The van der Waals surface area contributed by atoms with Crippen molar-refractivity contribution in [2.45, 2.75) is 20.0 Å². The van der Waals surface area contributed by atoms with E-state index < -0.39 is 0 Å². The van der Waals surface area contributed by atoms with E-state index in [0.29, 0.717) is 34.0 Å². The zero-order valence-electron chi connectivity index (χ0n) is 18.7. The van der Waals surface area contributed by atoms with E-state index in [0.717, 1.165) is 15.8 Å². The van der Waals surface area contributed by atoms with Gasteiger partial charge in [0.2, 0.25) is 5.89 Å². The lowest BCUT2D eigenvalue weighted by atomic mass is 10.2. The highest BCUT2D eigenvalue weighted by Crippen LogP contribution is 2.32. The van der Waals surface area contributed by atoms with Crippen molar-refractivity contribution in [2.75, 3.05) is 12.4 Å². The smallest absolute Gasteiger partial charge is 0.257 e. The van der Waals surface area contributed by atoms with Gasteiger partial charge in [-0.3, -0.25) is 10.1 Å². The third-order valence-electron chi connectivity index (χ3n) is 4.74. The molecule has 0 aliphatic rings. The second kappa shape index (κ2) is 10.2. The minimum atomic E-state index is -0.332. The Balaban J connectivity index is 1.45. The molecule has 0 bridgehead atoms. The summed E-state index contributed by atoms with van der Waals surface area (Å²) >= 11 is 8.80. The highest BCUT2D eigenvalue weighted by molar-refractivity contribution is 9.10. The monoisotopic (exact) mass is 539 g/mol. The Kier molecular flexibility index (Phi) is 7.14. The number of thiocarbonyl (C=S) groups is 1. The molecule has 3 aromatic carbocycles. The first kappa shape index (κ1) is 23.7. The number of anilines is 1. The number of rotatable bonds is 6. The summed E-state index contributed by atoms with van der Waals surface area (Å²) in [5, 5.41) is 5.87. The minimum absolute atomic E-state index is 0.0132. The SMILES string of the molecule is COc1ccc(-c2nc3cc(NC(=S)NC(=O)c4cccc(OC(C)C)c4)ccc3o2)cc1Br. The molecule has 1 amide bonds. The summed E-state index contributed by atoms with van der Waals surface area (Å²) in [6.45, 7) is 3.85. The second-order valence-corrected chi connectivity index (χ2v) is 8.92. The lowest BCUT2D eigenvalue weighted by Crippen LogP contribution is -2.34. The number of oxazole rings is 1. The zero-order valence-corrected chi connectivity index (χ0v) is 21.1. The number of fused-ring (bicyclic) bond motifs is 1. The molecule has 174 valence electrons. The maximum absolute atomic E-state index is 12.6. The number of nitrogens with zero attached hydrogens (tertiary/aromatic N) is 1. The van der Waals surface area contributed by atoms with Crippen LogP contribution in [0.3, 0.4) is 0 Å². The van der Waals surface area contributed by atoms with E-state index >= 15 is 0 Å². The zero-order chi connectivity index (χ0) is 24.2. The van der Waals surface area contributed by atoms with Gasteiger partial charge in [0.25, 0.3) is 5.91 Å². The molecule has 0 atom stereocenters. The summed E-state index contributed by atoms with van der Waals surface area (Å²) in [6.07, 6.45) is 0.0132. The van der Waals surface area contributed by atoms with Gasteiger partial charge < -0.3 is 19.2 Å². The van der Waals surface area contributed by atoms with Gasteiger partial charge in [-0.2, -0.15) is 0 Å². The molecule has 34 heavy (non-hydrogen) atoms. The summed E-state index contributed by atoms with van der Waals surface area (Å²) in [5.74, 6) is 1.50. The van der Waals surface area contributed by atoms with Gasteiger partial charge >= 0.3 is 0 Å². The van der Waals surface area contributed by atoms with Crippen LogP contribution in [0.4, 0.5) is 5.69 Å². The molecule has 0 spiro atoms. The van der Waals surface area contributed by atoms with Crippen LogP contribution in [-0.4, -0.2) is 29.2 Å². The Bertz CT molecular complexity index is 1370. The summed E-state index contributed by atoms with van der Waals surface area (Å²) < 4.78 is 17.6. The molecule has 0 aliphatic heterocycles. The number of benzene rings is 3. The van der Waals surface area contributed by atoms with Gasteiger partial charge in [-0.05, 0) is 96.6 Å². The molecule has 9 heteroatoms. The molecule has 1 heterocycles. The Hall–Kier alpha value is -3.43. The number of carbonyl (C=O) groups is 1. The van der Waals surface area contributed by atoms with E-state index in [1.54, 1.807) is 49.6 Å². The molecular formula is C25H22BrN3O4S. The van der Waals surface area contributed by atoms with E-state index in [9.17, 15) is 4.79 Å². The largest absolute Gasteiger partial charge is 0.496 e. The number of methoxy groups -OCH3 is 1. The first-order valence-corrected chi connectivity index (χ1v) is 11.7. The second-order valence-electron chi connectivity index (χ2n) is 7.65. The Morgan fingerprint density at radius 2 is 1.94 bits per heavy atom. The third-order valence-corrected chi connectivity index (χ3v) is 5.56. The Labute approximate surface area is 210 Å². The van der Waals surface area contributed by atoms with Gasteiger partial charge in [-0.1, -0.05) is 6.07 Å². The van der Waals surface area contributed by atoms with E-state index in [2.05, 4.69) is 31.5 Å². The summed E-state index contributed by atoms with van der Waals surface area (Å²) in [7, 11) is 1.61. The lowest BCUT2D eigenvalue weighted by Gasteiger charge is -2.12. The van der Waals surface area contributed by atoms with Crippen molar-refractivity contribution in [2.24, 2.45) is 0 Å². The van der Waals surface area contributed by atoms with Gasteiger partial charge in [0.1, 0.15) is 17.0 Å². The fourth-order valence-electron chi connectivity index (χ4n) is 3.25. The number of aromatic nitrogens is 1. The molecule has 0 unspecified atom stereocenters. The van der Waals surface area contributed by atoms with Gasteiger partial charge in [0.15, 0.2) is 10.7 Å². The molecule has 0 aliphatic carbocycles. The lowest BCUT2D eigenvalue weighted by molar-refractivity contribution is 0.0977. The number of carbonyl (C=O) groups excluding carboxylic acids is 1. The Morgan fingerprint density at radius 3 is 2.68 bits per heavy atom. The number of nitrogens with one attached hydrogen (secondary N) is 2. The van der Waals surface area contributed by atoms with Crippen molar-refractivity contribution in [3.8, 4) is 23.0 Å². The first-order valence-electron chi connectivity index (χ1n) is 10.5.